The second-order valence-electron chi connectivity index (χ2n) is 4.62. The molecule has 0 radical (unpaired) electrons. The quantitative estimate of drug-likeness (QED) is 0.460. The van der Waals surface area contributed by atoms with Crippen LogP contribution >= 0.6 is 0 Å². The molecule has 0 amide bonds. The highest BCUT2D eigenvalue weighted by Gasteiger charge is 2.47. The Morgan fingerprint density at radius 1 is 1.32 bits per heavy atom. The van der Waals surface area contributed by atoms with Crippen LogP contribution in [0.15, 0.2) is 9.59 Å². The third-order valence-corrected chi connectivity index (χ3v) is 3.54. The fraction of sp³-hybridized carbons (Fsp3) is 0.556. The predicted octanol–water partition coefficient (Wildman–Crippen LogP) is -3.09. The third-order valence-electron chi connectivity index (χ3n) is 3.54. The molecule has 4 rings (SSSR count). The van der Waals surface area contributed by atoms with E-state index >= 15 is 0 Å². The first kappa shape index (κ1) is 10.8. The Kier molecular flexibility index (Phi) is 1.88. The van der Waals surface area contributed by atoms with Gasteiger partial charge in [0.25, 0.3) is 5.56 Å². The van der Waals surface area contributed by atoms with Gasteiger partial charge in [-0.2, -0.15) is 0 Å². The van der Waals surface area contributed by atoms with E-state index in [1.165, 1.54) is 4.68 Å². The zero-order chi connectivity index (χ0) is 13.3. The number of hydrogen-bond acceptors (Lipinski definition) is 7. The second-order valence-corrected chi connectivity index (χ2v) is 4.62. The number of aromatic amines is 1. The number of hydrogen-bond donors (Lipinski definition) is 3. The number of aliphatic hydroxyl groups is 2. The molecule has 1 saturated heterocycles. The molecule has 4 atom stereocenters. The van der Waals surface area contributed by atoms with E-state index in [-0.39, 0.29) is 17.7 Å². The first-order valence-corrected chi connectivity index (χ1v) is 5.67. The van der Waals surface area contributed by atoms with Gasteiger partial charge in [0.1, 0.15) is 18.3 Å². The van der Waals surface area contributed by atoms with E-state index in [9.17, 15) is 19.8 Å². The van der Waals surface area contributed by atoms with Crippen LogP contribution in [0.1, 0.15) is 6.23 Å². The molecule has 1 fully saturated rings. The maximum atomic E-state index is 11.9. The maximum Gasteiger partial charge on any atom is 0.332 e. The predicted molar refractivity (Wildman–Crippen MR) is 58.3 cm³/mol. The molecule has 0 aromatic carbocycles. The van der Waals surface area contributed by atoms with Crippen LogP contribution in [0.4, 0.5) is 0 Å². The van der Waals surface area contributed by atoms with Gasteiger partial charge in [-0.15, -0.1) is 5.10 Å². The summed E-state index contributed by atoms with van der Waals surface area (Å²) < 4.78 is 7.84. The zero-order valence-electron chi connectivity index (χ0n) is 9.42. The second kappa shape index (κ2) is 3.29. The van der Waals surface area contributed by atoms with Crippen LogP contribution < -0.4 is 11.2 Å². The summed E-state index contributed by atoms with van der Waals surface area (Å²) in [7, 11) is 0. The summed E-state index contributed by atoms with van der Waals surface area (Å²) in [6, 6.07) is 0. The lowest BCUT2D eigenvalue weighted by Gasteiger charge is -2.18. The van der Waals surface area contributed by atoms with Gasteiger partial charge < -0.3 is 14.9 Å². The minimum absolute atomic E-state index is 0.00237. The van der Waals surface area contributed by atoms with Gasteiger partial charge in [-0.25, -0.2) is 14.0 Å². The maximum absolute atomic E-state index is 11.9. The monoisotopic (exact) mass is 267 g/mol. The van der Waals surface area contributed by atoms with E-state index in [2.05, 4.69) is 15.3 Å². The molecule has 2 aliphatic rings. The zero-order valence-corrected chi connectivity index (χ0v) is 9.42. The van der Waals surface area contributed by atoms with E-state index < -0.39 is 35.8 Å². The van der Waals surface area contributed by atoms with Gasteiger partial charge in [0.15, 0.2) is 17.4 Å². The number of aromatic nitrogens is 5. The molecule has 10 heteroatoms. The Morgan fingerprint density at radius 3 is 2.89 bits per heavy atom. The molecule has 2 aliphatic heterocycles. The van der Waals surface area contributed by atoms with Crippen LogP contribution in [-0.2, 0) is 11.3 Å². The highest BCUT2D eigenvalue weighted by Crippen LogP contribution is 2.33. The van der Waals surface area contributed by atoms with Gasteiger partial charge in [-0.1, -0.05) is 5.21 Å². The van der Waals surface area contributed by atoms with Crippen molar-refractivity contribution in [1.82, 2.24) is 24.5 Å². The molecule has 100 valence electrons. The fourth-order valence-corrected chi connectivity index (χ4v) is 2.63. The molecular weight excluding hydrogens is 258 g/mol. The molecule has 19 heavy (non-hydrogen) atoms. The smallest absolute Gasteiger partial charge is 0.332 e. The van der Waals surface area contributed by atoms with Crippen LogP contribution in [0, 0.1) is 0 Å². The number of aliphatic hydroxyl groups excluding tert-OH is 2. The highest BCUT2D eigenvalue weighted by atomic mass is 16.6. The van der Waals surface area contributed by atoms with Crippen molar-refractivity contribution < 1.29 is 14.9 Å². The molecule has 2 unspecified atom stereocenters. The summed E-state index contributed by atoms with van der Waals surface area (Å²) in [6.07, 6.45) is -4.15. The molecule has 2 aromatic heterocycles. The number of rotatable bonds is 0. The van der Waals surface area contributed by atoms with E-state index in [4.69, 9.17) is 4.74 Å². The number of fused-ring (bicyclic) bond motifs is 3. The third kappa shape index (κ3) is 1.20. The van der Waals surface area contributed by atoms with Crippen LogP contribution in [0.25, 0.3) is 11.2 Å². The van der Waals surface area contributed by atoms with E-state index in [0.29, 0.717) is 0 Å². The largest absolute Gasteiger partial charge is 0.387 e. The van der Waals surface area contributed by atoms with E-state index in [1.807, 2.05) is 0 Å². The number of ether oxygens (including phenoxy) is 1. The van der Waals surface area contributed by atoms with Crippen LogP contribution in [0.2, 0.25) is 0 Å². The lowest BCUT2D eigenvalue weighted by Crippen LogP contribution is -2.40. The Bertz CT molecular complexity index is 790. The molecular formula is C9H9N5O5. The van der Waals surface area contributed by atoms with Gasteiger partial charge in [0, 0.05) is 0 Å². The Labute approximate surface area is 103 Å². The molecule has 3 N–H and O–H groups in total. The van der Waals surface area contributed by atoms with Crippen LogP contribution in [0.5, 0.6) is 0 Å². The van der Waals surface area contributed by atoms with Crippen molar-refractivity contribution in [2.45, 2.75) is 31.1 Å². The topological polar surface area (TPSA) is 135 Å². The summed E-state index contributed by atoms with van der Waals surface area (Å²) in [5.41, 5.74) is -1.19. The van der Waals surface area contributed by atoms with E-state index in [1.54, 1.807) is 0 Å². The van der Waals surface area contributed by atoms with Crippen molar-refractivity contribution in [2.24, 2.45) is 0 Å². The lowest BCUT2D eigenvalue weighted by atomic mass is 10.1. The van der Waals surface area contributed by atoms with Crippen molar-refractivity contribution >= 4 is 11.2 Å². The molecule has 2 bridgehead atoms. The lowest BCUT2D eigenvalue weighted by molar-refractivity contribution is -0.0358. The minimum atomic E-state index is -1.25. The molecule has 0 aliphatic carbocycles. The molecule has 10 nitrogen and oxygen atoms in total. The summed E-state index contributed by atoms with van der Waals surface area (Å²) in [6.45, 7) is 0.105. The van der Waals surface area contributed by atoms with Crippen molar-refractivity contribution in [2.75, 3.05) is 0 Å². The van der Waals surface area contributed by atoms with Gasteiger partial charge in [0.05, 0.1) is 6.54 Å². The van der Waals surface area contributed by atoms with Gasteiger partial charge in [-0.05, 0) is 0 Å². The summed E-state index contributed by atoms with van der Waals surface area (Å²) in [5.74, 6) is 0. The first-order valence-electron chi connectivity index (χ1n) is 5.67. The summed E-state index contributed by atoms with van der Waals surface area (Å²) in [4.78, 5) is 25.6. The van der Waals surface area contributed by atoms with Crippen molar-refractivity contribution in [3.8, 4) is 0 Å². The minimum Gasteiger partial charge on any atom is -0.387 e. The summed E-state index contributed by atoms with van der Waals surface area (Å²) in [5, 5.41) is 27.2. The number of nitrogens with one attached hydrogen (secondary N) is 1. The number of H-pyrrole nitrogens is 1. The van der Waals surface area contributed by atoms with Gasteiger partial charge >= 0.3 is 5.69 Å². The molecule has 0 spiro atoms. The van der Waals surface area contributed by atoms with E-state index in [0.717, 1.165) is 4.57 Å². The number of nitrogens with zero attached hydrogens (tertiary/aromatic N) is 4. The Morgan fingerprint density at radius 2 is 2.11 bits per heavy atom. The van der Waals surface area contributed by atoms with Gasteiger partial charge in [-0.3, -0.25) is 9.78 Å². The van der Waals surface area contributed by atoms with Gasteiger partial charge in [0.2, 0.25) is 0 Å². The van der Waals surface area contributed by atoms with Crippen LogP contribution in [-0.4, -0.2) is 53.1 Å². The average molecular weight is 267 g/mol. The molecule has 2 aromatic rings. The summed E-state index contributed by atoms with van der Waals surface area (Å²) >= 11 is 0. The normalized spacial score (nSPS) is 32.7. The Hall–Kier alpha value is -2.04. The first-order chi connectivity index (χ1) is 9.08. The highest BCUT2D eigenvalue weighted by molar-refractivity contribution is 5.68. The fourth-order valence-electron chi connectivity index (χ4n) is 2.63. The SMILES string of the molecule is O=c1[nH]c(=O)n2c3c1nnn3CC1OC2[C@@H](O)[C@H]1O. The molecule has 4 heterocycles. The van der Waals surface area contributed by atoms with Crippen molar-refractivity contribution in [3.05, 3.63) is 20.8 Å². The van der Waals surface area contributed by atoms with Crippen molar-refractivity contribution in [3.63, 3.8) is 0 Å². The molecule has 0 saturated carbocycles. The Balaban J connectivity index is 2.14. The average Bonchev–Trinajstić information content (AvgIpc) is 2.82. The standard InChI is InChI=1S/C9H9N5O5/c15-4-2-1-13-7-3(11-12-13)6(17)10-9(18)14(7)8(19-2)5(4)16/h2,4-5,8,15-16H,1H2,(H,10,17,18)/t2?,4-,5-,8?/m0/s1. The van der Waals surface area contributed by atoms with Crippen LogP contribution in [0.3, 0.4) is 0 Å². The van der Waals surface area contributed by atoms with Crippen molar-refractivity contribution in [1.29, 1.82) is 0 Å².